The Morgan fingerprint density at radius 1 is 0.950 bits per heavy atom. The molecule has 20 heavy (non-hydrogen) atoms. The van der Waals surface area contributed by atoms with Gasteiger partial charge in [0.05, 0.1) is 12.8 Å². The third-order valence-corrected chi connectivity index (χ3v) is 3.76. The highest BCUT2D eigenvalue weighted by Gasteiger charge is 2.10. The number of anilines is 1. The predicted molar refractivity (Wildman–Crippen MR) is 85.7 cm³/mol. The van der Waals surface area contributed by atoms with E-state index in [0.717, 1.165) is 11.4 Å². The lowest BCUT2D eigenvalue weighted by Gasteiger charge is -2.19. The first-order valence-corrected chi connectivity index (χ1v) is 6.99. The maximum Gasteiger partial charge on any atom is 0.141 e. The average Bonchev–Trinajstić information content (AvgIpc) is 2.42. The Morgan fingerprint density at radius 2 is 1.70 bits per heavy atom. The molecule has 0 spiro atoms. The molecule has 2 nitrogen and oxygen atoms in total. The summed E-state index contributed by atoms with van der Waals surface area (Å²) in [6, 6.07) is 13.0. The summed E-state index contributed by atoms with van der Waals surface area (Å²) < 4.78 is 5.42. The molecule has 0 heterocycles. The zero-order valence-electron chi connectivity index (χ0n) is 12.9. The summed E-state index contributed by atoms with van der Waals surface area (Å²) in [5, 5.41) is 3.54. The number of ether oxygens (including phenoxy) is 1. The maximum absolute atomic E-state index is 5.42. The number of aryl methyl sites for hydroxylation is 3. The maximum atomic E-state index is 5.42. The van der Waals surface area contributed by atoms with Crippen molar-refractivity contribution in [2.24, 2.45) is 0 Å². The van der Waals surface area contributed by atoms with Crippen LogP contribution >= 0.6 is 0 Å². The van der Waals surface area contributed by atoms with E-state index >= 15 is 0 Å². The van der Waals surface area contributed by atoms with Crippen molar-refractivity contribution in [3.8, 4) is 5.75 Å². The molecule has 0 bridgehead atoms. The molecule has 1 unspecified atom stereocenters. The molecule has 106 valence electrons. The molecule has 2 aromatic rings. The molecule has 0 fully saturated rings. The van der Waals surface area contributed by atoms with Gasteiger partial charge in [0.25, 0.3) is 0 Å². The number of benzene rings is 2. The van der Waals surface area contributed by atoms with Crippen molar-refractivity contribution in [2.45, 2.75) is 33.7 Å². The van der Waals surface area contributed by atoms with Gasteiger partial charge in [-0.2, -0.15) is 0 Å². The summed E-state index contributed by atoms with van der Waals surface area (Å²) >= 11 is 0. The van der Waals surface area contributed by atoms with E-state index in [1.807, 2.05) is 6.07 Å². The van der Waals surface area contributed by atoms with E-state index < -0.39 is 0 Å². The second-order valence-electron chi connectivity index (χ2n) is 5.41. The van der Waals surface area contributed by atoms with Gasteiger partial charge in [0.1, 0.15) is 5.75 Å². The largest absolute Gasteiger partial charge is 0.495 e. The monoisotopic (exact) mass is 269 g/mol. The van der Waals surface area contributed by atoms with Crippen LogP contribution in [-0.4, -0.2) is 7.11 Å². The van der Waals surface area contributed by atoms with Gasteiger partial charge < -0.3 is 10.1 Å². The smallest absolute Gasteiger partial charge is 0.141 e. The van der Waals surface area contributed by atoms with Crippen molar-refractivity contribution in [2.75, 3.05) is 12.4 Å². The van der Waals surface area contributed by atoms with Crippen LogP contribution in [0.2, 0.25) is 0 Å². The normalized spacial score (nSPS) is 12.1. The molecule has 1 N–H and O–H groups in total. The Kier molecular flexibility index (Phi) is 4.33. The SMILES string of the molecule is COc1ccc(C)cc1NC(C)c1ccc(C)c(C)c1. The van der Waals surface area contributed by atoms with Gasteiger partial charge in [-0.05, 0) is 62.1 Å². The first-order valence-electron chi connectivity index (χ1n) is 6.99. The van der Waals surface area contributed by atoms with Crippen molar-refractivity contribution in [1.29, 1.82) is 0 Å². The Balaban J connectivity index is 2.24. The first kappa shape index (κ1) is 14.4. The molecule has 1 atom stereocenters. The molecule has 2 aromatic carbocycles. The lowest BCUT2D eigenvalue weighted by atomic mass is 10.0. The molecule has 2 rings (SSSR count). The molecule has 0 aliphatic rings. The van der Waals surface area contributed by atoms with E-state index in [9.17, 15) is 0 Å². The van der Waals surface area contributed by atoms with Gasteiger partial charge >= 0.3 is 0 Å². The van der Waals surface area contributed by atoms with E-state index in [-0.39, 0.29) is 6.04 Å². The Labute approximate surface area is 121 Å². The Hall–Kier alpha value is -1.96. The van der Waals surface area contributed by atoms with Gasteiger partial charge in [0.2, 0.25) is 0 Å². The fourth-order valence-corrected chi connectivity index (χ4v) is 2.29. The minimum Gasteiger partial charge on any atom is -0.495 e. The third-order valence-electron chi connectivity index (χ3n) is 3.76. The van der Waals surface area contributed by atoms with E-state index in [1.165, 1.54) is 22.3 Å². The topological polar surface area (TPSA) is 21.3 Å². The minimum absolute atomic E-state index is 0.241. The lowest BCUT2D eigenvalue weighted by molar-refractivity contribution is 0.416. The van der Waals surface area contributed by atoms with Gasteiger partial charge in [-0.1, -0.05) is 24.3 Å². The fraction of sp³-hybridized carbons (Fsp3) is 0.333. The van der Waals surface area contributed by atoms with Crippen LogP contribution in [0.25, 0.3) is 0 Å². The van der Waals surface area contributed by atoms with E-state index in [1.54, 1.807) is 7.11 Å². The number of hydrogen-bond donors (Lipinski definition) is 1. The predicted octanol–water partition coefficient (Wildman–Crippen LogP) is 4.79. The number of rotatable bonds is 4. The van der Waals surface area contributed by atoms with Crippen LogP contribution in [-0.2, 0) is 0 Å². The Morgan fingerprint density at radius 3 is 2.35 bits per heavy atom. The quantitative estimate of drug-likeness (QED) is 0.861. The van der Waals surface area contributed by atoms with Gasteiger partial charge in [0.15, 0.2) is 0 Å². The number of hydrogen-bond acceptors (Lipinski definition) is 2. The zero-order valence-corrected chi connectivity index (χ0v) is 12.9. The van der Waals surface area contributed by atoms with Crippen molar-refractivity contribution >= 4 is 5.69 Å². The number of methoxy groups -OCH3 is 1. The van der Waals surface area contributed by atoms with Crippen LogP contribution in [0.15, 0.2) is 36.4 Å². The van der Waals surface area contributed by atoms with Gasteiger partial charge in [-0.3, -0.25) is 0 Å². The third kappa shape index (κ3) is 3.13. The van der Waals surface area contributed by atoms with Crippen molar-refractivity contribution in [3.63, 3.8) is 0 Å². The van der Waals surface area contributed by atoms with Crippen molar-refractivity contribution in [1.82, 2.24) is 0 Å². The molecule has 0 saturated heterocycles. The summed E-state index contributed by atoms with van der Waals surface area (Å²) in [7, 11) is 1.70. The zero-order chi connectivity index (χ0) is 14.7. The standard InChI is InChI=1S/C18H23NO/c1-12-6-9-18(20-5)17(10-12)19-15(4)16-8-7-13(2)14(3)11-16/h6-11,15,19H,1-5H3. The molecule has 0 aliphatic carbocycles. The van der Waals surface area contributed by atoms with Crippen LogP contribution in [0.4, 0.5) is 5.69 Å². The molecule has 2 heteroatoms. The Bertz CT molecular complexity index is 604. The van der Waals surface area contributed by atoms with Crippen LogP contribution in [0, 0.1) is 20.8 Å². The van der Waals surface area contributed by atoms with E-state index in [4.69, 9.17) is 4.74 Å². The van der Waals surface area contributed by atoms with Crippen molar-refractivity contribution < 1.29 is 4.74 Å². The summed E-state index contributed by atoms with van der Waals surface area (Å²) in [5.74, 6) is 0.881. The summed E-state index contributed by atoms with van der Waals surface area (Å²) in [6.45, 7) is 8.55. The minimum atomic E-state index is 0.241. The highest BCUT2D eigenvalue weighted by atomic mass is 16.5. The molecule has 0 radical (unpaired) electrons. The second kappa shape index (κ2) is 6.00. The summed E-state index contributed by atoms with van der Waals surface area (Å²) in [4.78, 5) is 0. The fourth-order valence-electron chi connectivity index (χ4n) is 2.29. The molecule has 0 aromatic heterocycles. The van der Waals surface area contributed by atoms with Gasteiger partial charge in [0, 0.05) is 6.04 Å². The summed E-state index contributed by atoms with van der Waals surface area (Å²) in [6.07, 6.45) is 0. The van der Waals surface area contributed by atoms with Crippen LogP contribution in [0.5, 0.6) is 5.75 Å². The molecule has 0 aliphatic heterocycles. The van der Waals surface area contributed by atoms with Crippen molar-refractivity contribution in [3.05, 3.63) is 58.7 Å². The molecule has 0 amide bonds. The highest BCUT2D eigenvalue weighted by Crippen LogP contribution is 2.29. The number of nitrogens with one attached hydrogen (secondary N) is 1. The van der Waals surface area contributed by atoms with Gasteiger partial charge in [-0.25, -0.2) is 0 Å². The molecular weight excluding hydrogens is 246 g/mol. The first-order chi connectivity index (χ1) is 9.51. The lowest BCUT2D eigenvalue weighted by Crippen LogP contribution is -2.08. The highest BCUT2D eigenvalue weighted by molar-refractivity contribution is 5.59. The van der Waals surface area contributed by atoms with E-state index in [2.05, 4.69) is 63.3 Å². The molecule has 0 saturated carbocycles. The molecular formula is C18H23NO. The summed E-state index contributed by atoms with van der Waals surface area (Å²) in [5.41, 5.74) is 6.21. The van der Waals surface area contributed by atoms with Crippen LogP contribution in [0.3, 0.4) is 0 Å². The average molecular weight is 269 g/mol. The van der Waals surface area contributed by atoms with Crippen LogP contribution in [0.1, 0.15) is 35.2 Å². The van der Waals surface area contributed by atoms with E-state index in [0.29, 0.717) is 0 Å². The van der Waals surface area contributed by atoms with Crippen LogP contribution < -0.4 is 10.1 Å². The van der Waals surface area contributed by atoms with Gasteiger partial charge in [-0.15, -0.1) is 0 Å². The second-order valence-corrected chi connectivity index (χ2v) is 5.41.